The van der Waals surface area contributed by atoms with Gasteiger partial charge >= 0.3 is 5.97 Å². The summed E-state index contributed by atoms with van der Waals surface area (Å²) in [5.74, 6) is 1.15. The Morgan fingerprint density at radius 2 is 1.81 bits per heavy atom. The van der Waals surface area contributed by atoms with Crippen LogP contribution in [0.2, 0.25) is 0 Å². The fourth-order valence-corrected chi connectivity index (χ4v) is 3.45. The van der Waals surface area contributed by atoms with E-state index in [0.29, 0.717) is 11.0 Å². The topological polar surface area (TPSA) is 66.2 Å². The zero-order valence-corrected chi connectivity index (χ0v) is 16.3. The van der Waals surface area contributed by atoms with Crippen LogP contribution in [0.1, 0.15) is 18.3 Å². The van der Waals surface area contributed by atoms with Crippen LogP contribution < -0.4 is 4.74 Å². The van der Waals surface area contributed by atoms with E-state index >= 15 is 0 Å². The molecule has 2 aromatic carbocycles. The summed E-state index contributed by atoms with van der Waals surface area (Å²) in [6.45, 7) is 4.04. The Kier molecular flexibility index (Phi) is 6.13. The minimum atomic E-state index is -0.396. The van der Waals surface area contributed by atoms with Gasteiger partial charge in [0, 0.05) is 5.69 Å². The normalized spacial score (nSPS) is 11.8. The van der Waals surface area contributed by atoms with Crippen LogP contribution in [0.15, 0.2) is 59.8 Å². The molecule has 1 atom stereocenters. The Labute approximate surface area is 162 Å². The summed E-state index contributed by atoms with van der Waals surface area (Å²) in [5.41, 5.74) is 1.96. The molecule has 0 amide bonds. The van der Waals surface area contributed by atoms with E-state index in [1.807, 2.05) is 66.1 Å². The van der Waals surface area contributed by atoms with Crippen molar-refractivity contribution in [1.29, 1.82) is 0 Å². The molecule has 1 unspecified atom stereocenters. The predicted molar refractivity (Wildman–Crippen MR) is 104 cm³/mol. The molecule has 3 rings (SSSR count). The molecule has 0 aliphatic carbocycles. The largest absolute Gasteiger partial charge is 0.485 e. The lowest BCUT2D eigenvalue weighted by Gasteiger charge is -2.13. The molecular formula is C20H21N3O3S. The van der Waals surface area contributed by atoms with E-state index in [1.165, 1.54) is 18.9 Å². The number of thioether (sulfide) groups is 1. The molecule has 0 spiro atoms. The number of aryl methyl sites for hydroxylation is 1. The third-order valence-corrected chi connectivity index (χ3v) is 5.00. The first-order valence-corrected chi connectivity index (χ1v) is 9.40. The predicted octanol–water partition coefficient (Wildman–Crippen LogP) is 3.81. The number of nitrogens with zero attached hydrogens (tertiary/aromatic N) is 3. The van der Waals surface area contributed by atoms with Crippen molar-refractivity contribution in [3.05, 3.63) is 66.0 Å². The molecule has 1 aromatic heterocycles. The molecular weight excluding hydrogens is 362 g/mol. The Morgan fingerprint density at radius 3 is 2.52 bits per heavy atom. The van der Waals surface area contributed by atoms with Crippen LogP contribution in [0.25, 0.3) is 5.69 Å². The zero-order chi connectivity index (χ0) is 19.2. The summed E-state index contributed by atoms with van der Waals surface area (Å²) in [4.78, 5) is 11.8. The molecule has 0 saturated carbocycles. The number of aromatic nitrogens is 3. The maximum absolute atomic E-state index is 11.8. The third kappa shape index (κ3) is 4.49. The first-order valence-electron chi connectivity index (χ1n) is 8.52. The molecule has 0 aliphatic rings. The smallest absolute Gasteiger partial charge is 0.318 e. The molecule has 0 aliphatic heterocycles. The van der Waals surface area contributed by atoms with Gasteiger partial charge in [-0.25, -0.2) is 0 Å². The summed E-state index contributed by atoms with van der Waals surface area (Å²) >= 11 is 1.30. The van der Waals surface area contributed by atoms with Gasteiger partial charge < -0.3 is 9.47 Å². The Bertz CT molecular complexity index is 912. The molecule has 0 fully saturated rings. The van der Waals surface area contributed by atoms with Crippen molar-refractivity contribution in [3.63, 3.8) is 0 Å². The maximum atomic E-state index is 11.8. The number of hydrogen-bond acceptors (Lipinski definition) is 6. The highest BCUT2D eigenvalue weighted by Crippen LogP contribution is 2.27. The number of benzene rings is 2. The minimum absolute atomic E-state index is 0.264. The van der Waals surface area contributed by atoms with Crippen LogP contribution in [-0.4, -0.2) is 33.1 Å². The molecule has 0 N–H and O–H groups in total. The lowest BCUT2D eigenvalue weighted by molar-refractivity contribution is -0.139. The monoisotopic (exact) mass is 383 g/mol. The Balaban J connectivity index is 1.89. The molecule has 0 radical (unpaired) electrons. The van der Waals surface area contributed by atoms with Gasteiger partial charge in [0.25, 0.3) is 0 Å². The molecule has 27 heavy (non-hydrogen) atoms. The summed E-state index contributed by atoms with van der Waals surface area (Å²) < 4.78 is 12.7. The molecule has 3 aromatic rings. The Morgan fingerprint density at radius 1 is 1.11 bits per heavy atom. The third-order valence-electron chi connectivity index (χ3n) is 3.98. The van der Waals surface area contributed by atoms with Crippen molar-refractivity contribution in [3.8, 4) is 11.4 Å². The second-order valence-corrected chi connectivity index (χ2v) is 7.22. The van der Waals surface area contributed by atoms with Crippen molar-refractivity contribution < 1.29 is 14.3 Å². The van der Waals surface area contributed by atoms with Gasteiger partial charge in [-0.15, -0.1) is 10.2 Å². The second-order valence-electron chi connectivity index (χ2n) is 5.91. The number of ether oxygens (including phenoxy) is 2. The highest BCUT2D eigenvalue weighted by Gasteiger charge is 2.21. The van der Waals surface area contributed by atoms with Crippen molar-refractivity contribution >= 4 is 17.7 Å². The number of hydrogen-bond donors (Lipinski definition) is 0. The highest BCUT2D eigenvalue weighted by molar-refractivity contribution is 8.00. The van der Waals surface area contributed by atoms with Gasteiger partial charge in [0.15, 0.2) is 11.0 Å². The van der Waals surface area contributed by atoms with E-state index in [9.17, 15) is 4.79 Å². The molecule has 7 heteroatoms. The van der Waals surface area contributed by atoms with E-state index in [-0.39, 0.29) is 12.6 Å². The number of esters is 1. The van der Waals surface area contributed by atoms with E-state index < -0.39 is 5.25 Å². The van der Waals surface area contributed by atoms with Gasteiger partial charge in [-0.1, -0.05) is 48.2 Å². The van der Waals surface area contributed by atoms with E-state index in [2.05, 4.69) is 10.2 Å². The van der Waals surface area contributed by atoms with E-state index in [0.717, 1.165) is 17.0 Å². The highest BCUT2D eigenvalue weighted by atomic mass is 32.2. The van der Waals surface area contributed by atoms with Crippen LogP contribution in [-0.2, 0) is 16.1 Å². The number of carbonyl (C=O) groups excluding carboxylic acids is 1. The van der Waals surface area contributed by atoms with Gasteiger partial charge in [0.1, 0.15) is 17.6 Å². The van der Waals surface area contributed by atoms with Gasteiger partial charge in [0.05, 0.1) is 7.11 Å². The SMILES string of the molecule is COC(=O)C(C)Sc1nnc(COc2ccccc2C)n1-c1ccccc1. The van der Waals surface area contributed by atoms with Crippen LogP contribution >= 0.6 is 11.8 Å². The maximum Gasteiger partial charge on any atom is 0.318 e. The number of para-hydroxylation sites is 2. The molecule has 1 heterocycles. The first kappa shape index (κ1) is 19.0. The lowest BCUT2D eigenvalue weighted by atomic mass is 10.2. The number of methoxy groups -OCH3 is 1. The van der Waals surface area contributed by atoms with Crippen molar-refractivity contribution in [2.75, 3.05) is 7.11 Å². The fraction of sp³-hybridized carbons (Fsp3) is 0.250. The number of carbonyl (C=O) groups is 1. The standard InChI is InChI=1S/C20H21N3O3S/c1-14-9-7-8-12-17(14)26-13-18-21-22-20(27-15(2)19(24)25-3)23(18)16-10-5-4-6-11-16/h4-12,15H,13H2,1-3H3. The zero-order valence-electron chi connectivity index (χ0n) is 15.5. The minimum Gasteiger partial charge on any atom is -0.485 e. The molecule has 0 saturated heterocycles. The van der Waals surface area contributed by atoms with Crippen LogP contribution in [0.4, 0.5) is 0 Å². The second kappa shape index (κ2) is 8.73. The summed E-state index contributed by atoms with van der Waals surface area (Å²) in [5, 5.41) is 8.78. The van der Waals surface area contributed by atoms with E-state index in [4.69, 9.17) is 9.47 Å². The Hall–Kier alpha value is -2.80. The van der Waals surface area contributed by atoms with Crippen molar-refractivity contribution in [2.45, 2.75) is 30.9 Å². The van der Waals surface area contributed by atoms with Gasteiger partial charge in [-0.2, -0.15) is 0 Å². The number of rotatable bonds is 7. The average Bonchev–Trinajstić information content (AvgIpc) is 3.09. The van der Waals surface area contributed by atoms with Crippen molar-refractivity contribution in [1.82, 2.24) is 14.8 Å². The fourth-order valence-electron chi connectivity index (χ4n) is 2.54. The summed E-state index contributed by atoms with van der Waals surface area (Å²) in [7, 11) is 1.38. The quantitative estimate of drug-likeness (QED) is 0.457. The summed E-state index contributed by atoms with van der Waals surface area (Å²) in [6, 6.07) is 17.6. The lowest BCUT2D eigenvalue weighted by Crippen LogP contribution is -2.16. The van der Waals surface area contributed by atoms with E-state index in [1.54, 1.807) is 6.92 Å². The average molecular weight is 383 g/mol. The first-order chi connectivity index (χ1) is 13.1. The van der Waals surface area contributed by atoms with Crippen molar-refractivity contribution in [2.24, 2.45) is 0 Å². The van der Waals surface area contributed by atoms with Crippen LogP contribution in [0.3, 0.4) is 0 Å². The molecule has 6 nitrogen and oxygen atoms in total. The van der Waals surface area contributed by atoms with Crippen LogP contribution in [0, 0.1) is 6.92 Å². The van der Waals surface area contributed by atoms with Gasteiger partial charge in [0.2, 0.25) is 0 Å². The molecule has 140 valence electrons. The van der Waals surface area contributed by atoms with Crippen LogP contribution in [0.5, 0.6) is 5.75 Å². The van der Waals surface area contributed by atoms with Gasteiger partial charge in [-0.3, -0.25) is 9.36 Å². The summed E-state index contributed by atoms with van der Waals surface area (Å²) in [6.07, 6.45) is 0. The van der Waals surface area contributed by atoms with Gasteiger partial charge in [-0.05, 0) is 37.6 Å². The molecule has 0 bridgehead atoms.